The van der Waals surface area contributed by atoms with E-state index in [-0.39, 0.29) is 17.9 Å². The van der Waals surface area contributed by atoms with E-state index in [9.17, 15) is 29.3 Å². The second kappa shape index (κ2) is 7.72. The summed E-state index contributed by atoms with van der Waals surface area (Å²) in [6.07, 6.45) is 1.27. The zero-order valence-corrected chi connectivity index (χ0v) is 14.4. The Bertz CT molecular complexity index is 791. The van der Waals surface area contributed by atoms with Crippen LogP contribution in [0.5, 0.6) is 0 Å². The van der Waals surface area contributed by atoms with Crippen molar-refractivity contribution in [2.24, 2.45) is 0 Å². The zero-order valence-electron chi connectivity index (χ0n) is 14.4. The molecular weight excluding hydrogens is 344 g/mol. The first-order chi connectivity index (χ1) is 12.3. The maximum Gasteiger partial charge on any atom is 0.334 e. The number of nitrogens with one attached hydrogen (secondary N) is 1. The van der Waals surface area contributed by atoms with E-state index in [0.717, 1.165) is 11.3 Å². The van der Waals surface area contributed by atoms with Crippen molar-refractivity contribution in [3.05, 3.63) is 33.9 Å². The van der Waals surface area contributed by atoms with Crippen LogP contribution in [-0.2, 0) is 14.4 Å². The molecule has 0 aliphatic carbocycles. The Hall–Kier alpha value is -3.30. The molecule has 2 rings (SSSR count). The van der Waals surface area contributed by atoms with Gasteiger partial charge in [0.05, 0.1) is 4.92 Å². The maximum absolute atomic E-state index is 12.2. The predicted octanol–water partition coefficient (Wildman–Crippen LogP) is 1.43. The van der Waals surface area contributed by atoms with Crippen molar-refractivity contribution in [3.63, 3.8) is 0 Å². The first kappa shape index (κ1) is 19.0. The Labute approximate surface area is 148 Å². The van der Waals surface area contributed by atoms with Crippen molar-refractivity contribution in [1.29, 1.82) is 0 Å². The highest BCUT2D eigenvalue weighted by molar-refractivity contribution is 6.45. The van der Waals surface area contributed by atoms with E-state index in [1.54, 1.807) is 13.0 Å². The highest BCUT2D eigenvalue weighted by Gasteiger charge is 2.44. The van der Waals surface area contributed by atoms with Gasteiger partial charge in [-0.1, -0.05) is 19.4 Å². The van der Waals surface area contributed by atoms with E-state index in [0.29, 0.717) is 16.9 Å². The molecule has 0 unspecified atom stereocenters. The summed E-state index contributed by atoms with van der Waals surface area (Å²) in [6, 6.07) is 3.36. The van der Waals surface area contributed by atoms with E-state index in [1.807, 2.05) is 6.92 Å². The number of urea groups is 1. The van der Waals surface area contributed by atoms with Gasteiger partial charge < -0.3 is 5.32 Å². The van der Waals surface area contributed by atoms with Crippen molar-refractivity contribution >= 4 is 35.1 Å². The van der Waals surface area contributed by atoms with Gasteiger partial charge in [-0.25, -0.2) is 9.69 Å². The van der Waals surface area contributed by atoms with Gasteiger partial charge in [0.25, 0.3) is 5.69 Å². The number of rotatable bonds is 7. The van der Waals surface area contributed by atoms with Gasteiger partial charge in [-0.15, -0.1) is 0 Å². The van der Waals surface area contributed by atoms with E-state index >= 15 is 0 Å². The number of hydrogen-bond donors (Lipinski definition) is 1. The van der Waals surface area contributed by atoms with Crippen LogP contribution in [0.1, 0.15) is 25.3 Å². The maximum atomic E-state index is 12.2. The molecule has 0 atom stereocenters. The molecule has 1 saturated heterocycles. The van der Waals surface area contributed by atoms with E-state index in [1.165, 1.54) is 12.1 Å². The molecule has 10 heteroatoms. The van der Waals surface area contributed by atoms with E-state index < -0.39 is 35.2 Å². The number of nitro groups is 1. The number of aryl methyl sites for hydroxylation is 1. The highest BCUT2D eigenvalue weighted by Crippen LogP contribution is 2.25. The molecule has 1 aliphatic heterocycles. The lowest BCUT2D eigenvalue weighted by Gasteiger charge is -2.15. The van der Waals surface area contributed by atoms with Crippen LogP contribution < -0.4 is 5.32 Å². The average Bonchev–Trinajstić information content (AvgIpc) is 2.78. The van der Waals surface area contributed by atoms with Gasteiger partial charge in [0.15, 0.2) is 0 Å². The number of imide groups is 2. The van der Waals surface area contributed by atoms with Crippen molar-refractivity contribution < 1.29 is 24.1 Å². The molecule has 138 valence electrons. The summed E-state index contributed by atoms with van der Waals surface area (Å²) in [5.74, 6) is -2.87. The molecule has 1 fully saturated rings. The van der Waals surface area contributed by atoms with Gasteiger partial charge in [0, 0.05) is 12.6 Å². The third-order valence-corrected chi connectivity index (χ3v) is 3.80. The fourth-order valence-electron chi connectivity index (χ4n) is 2.43. The molecule has 26 heavy (non-hydrogen) atoms. The first-order valence-electron chi connectivity index (χ1n) is 7.98. The average molecular weight is 362 g/mol. The Morgan fingerprint density at radius 1 is 1.19 bits per heavy atom. The Morgan fingerprint density at radius 3 is 2.46 bits per heavy atom. The van der Waals surface area contributed by atoms with E-state index in [2.05, 4.69) is 5.32 Å². The number of unbranched alkanes of at least 4 members (excludes halogenated alkanes) is 1. The minimum atomic E-state index is -1.08. The molecule has 1 aliphatic rings. The van der Waals surface area contributed by atoms with Crippen LogP contribution in [0.25, 0.3) is 0 Å². The SMILES string of the molecule is CCCCN1C(=O)C(=O)N(CC(=O)Nc2ccc(C)cc2[N+](=O)[O-])C1=O. The van der Waals surface area contributed by atoms with Gasteiger partial charge >= 0.3 is 17.8 Å². The lowest BCUT2D eigenvalue weighted by atomic mass is 10.2. The fraction of sp³-hybridized carbons (Fsp3) is 0.375. The quantitative estimate of drug-likeness (QED) is 0.338. The van der Waals surface area contributed by atoms with Gasteiger partial charge in [-0.3, -0.25) is 29.4 Å². The molecule has 0 spiro atoms. The Kier molecular flexibility index (Phi) is 5.65. The van der Waals surface area contributed by atoms with Crippen LogP contribution in [0.2, 0.25) is 0 Å². The van der Waals surface area contributed by atoms with Crippen LogP contribution in [0.4, 0.5) is 16.2 Å². The van der Waals surface area contributed by atoms with Gasteiger partial charge in [-0.2, -0.15) is 0 Å². The summed E-state index contributed by atoms with van der Waals surface area (Å²) in [5.41, 5.74) is 0.272. The van der Waals surface area contributed by atoms with Crippen molar-refractivity contribution in [3.8, 4) is 0 Å². The molecule has 1 aromatic carbocycles. The van der Waals surface area contributed by atoms with Crippen LogP contribution in [0.3, 0.4) is 0 Å². The summed E-state index contributed by atoms with van der Waals surface area (Å²) in [6.45, 7) is 2.93. The molecule has 10 nitrogen and oxygen atoms in total. The summed E-state index contributed by atoms with van der Waals surface area (Å²) in [5, 5.41) is 13.4. The summed E-state index contributed by atoms with van der Waals surface area (Å²) in [7, 11) is 0. The standard InChI is InChI=1S/C16H18N4O6/c1-3-4-7-18-14(22)15(23)19(16(18)24)9-13(21)17-11-6-5-10(2)8-12(11)20(25)26/h5-6,8H,3-4,7,9H2,1-2H3,(H,17,21). The molecule has 1 aromatic rings. The normalized spacial score (nSPS) is 14.2. The predicted molar refractivity (Wildman–Crippen MR) is 90.2 cm³/mol. The van der Waals surface area contributed by atoms with Gasteiger partial charge in [-0.05, 0) is 25.0 Å². The fourth-order valence-corrected chi connectivity index (χ4v) is 2.43. The van der Waals surface area contributed by atoms with Crippen LogP contribution in [0, 0.1) is 17.0 Å². The van der Waals surface area contributed by atoms with Crippen molar-refractivity contribution in [2.75, 3.05) is 18.4 Å². The minimum Gasteiger partial charge on any atom is -0.319 e. The van der Waals surface area contributed by atoms with Crippen LogP contribution in [0.15, 0.2) is 18.2 Å². The number of benzene rings is 1. The van der Waals surface area contributed by atoms with Crippen LogP contribution >= 0.6 is 0 Å². The molecule has 0 radical (unpaired) electrons. The molecule has 0 aromatic heterocycles. The number of carbonyl (C=O) groups excluding carboxylic acids is 4. The molecule has 5 amide bonds. The van der Waals surface area contributed by atoms with Gasteiger partial charge in [0.1, 0.15) is 12.2 Å². The number of carbonyl (C=O) groups is 4. The first-order valence-corrected chi connectivity index (χ1v) is 7.98. The smallest absolute Gasteiger partial charge is 0.319 e. The van der Waals surface area contributed by atoms with Crippen LogP contribution in [-0.4, -0.2) is 51.6 Å². The minimum absolute atomic E-state index is 0.0566. The second-order valence-corrected chi connectivity index (χ2v) is 5.81. The van der Waals surface area contributed by atoms with E-state index in [4.69, 9.17) is 0 Å². The number of anilines is 1. The van der Waals surface area contributed by atoms with Crippen molar-refractivity contribution in [1.82, 2.24) is 9.80 Å². The lowest BCUT2D eigenvalue weighted by molar-refractivity contribution is -0.384. The second-order valence-electron chi connectivity index (χ2n) is 5.81. The molecular formula is C16H18N4O6. The summed E-state index contributed by atoms with van der Waals surface area (Å²) in [4.78, 5) is 59.8. The largest absolute Gasteiger partial charge is 0.334 e. The van der Waals surface area contributed by atoms with Crippen molar-refractivity contribution in [2.45, 2.75) is 26.7 Å². The molecule has 0 bridgehead atoms. The van der Waals surface area contributed by atoms with Gasteiger partial charge in [0.2, 0.25) is 5.91 Å². The number of nitro benzene ring substituents is 1. The summed E-state index contributed by atoms with van der Waals surface area (Å²) < 4.78 is 0. The molecule has 1 heterocycles. The third-order valence-electron chi connectivity index (χ3n) is 3.80. The number of amides is 5. The number of nitrogens with zero attached hydrogens (tertiary/aromatic N) is 3. The zero-order chi connectivity index (χ0) is 19.4. The Morgan fingerprint density at radius 2 is 1.85 bits per heavy atom. The Balaban J connectivity index is 2.11. The third kappa shape index (κ3) is 3.85. The number of hydrogen-bond acceptors (Lipinski definition) is 6. The topological polar surface area (TPSA) is 130 Å². The lowest BCUT2D eigenvalue weighted by Crippen LogP contribution is -2.39. The highest BCUT2D eigenvalue weighted by atomic mass is 16.6. The molecule has 0 saturated carbocycles. The molecule has 1 N–H and O–H groups in total. The summed E-state index contributed by atoms with van der Waals surface area (Å²) >= 11 is 0. The monoisotopic (exact) mass is 362 g/mol.